The molecule has 256 valence electrons. The molecule has 1 aliphatic rings. The molecular weight excluding hydrogens is 601 g/mol. The average molecular weight is 656 g/mol. The van der Waals surface area contributed by atoms with Crippen LogP contribution in [-0.4, -0.2) is 61.8 Å². The van der Waals surface area contributed by atoms with E-state index in [2.05, 4.69) is 5.32 Å². The molecule has 1 aromatic carbocycles. The summed E-state index contributed by atoms with van der Waals surface area (Å²) in [5.41, 5.74) is -1.22. The van der Waals surface area contributed by atoms with Gasteiger partial charge in [0.1, 0.15) is 5.78 Å². The first-order chi connectivity index (χ1) is 20.5. The van der Waals surface area contributed by atoms with Crippen molar-refractivity contribution in [3.8, 4) is 0 Å². The average Bonchev–Trinajstić information content (AvgIpc) is 2.90. The molecule has 2 rings (SSSR count). The van der Waals surface area contributed by atoms with Gasteiger partial charge in [-0.1, -0.05) is 29.8 Å². The molecule has 45 heavy (non-hydrogen) atoms. The number of benzene rings is 1. The largest absolute Gasteiger partial charge is 0.455 e. The number of nitrogens with one attached hydrogen (secondary N) is 1. The van der Waals surface area contributed by atoms with Gasteiger partial charge in [-0.2, -0.15) is 0 Å². The minimum absolute atomic E-state index is 0.0995. The summed E-state index contributed by atoms with van der Waals surface area (Å²) in [6.07, 6.45) is -5.81. The zero-order chi connectivity index (χ0) is 34.5. The Bertz CT molecular complexity index is 1200. The maximum absolute atomic E-state index is 14.3. The van der Waals surface area contributed by atoms with Crippen LogP contribution in [0.4, 0.5) is 0 Å². The van der Waals surface area contributed by atoms with Crippen molar-refractivity contribution in [1.82, 2.24) is 5.32 Å². The summed E-state index contributed by atoms with van der Waals surface area (Å²) in [5, 5.41) is 3.24. The molecule has 0 bridgehead atoms. The highest BCUT2D eigenvalue weighted by Gasteiger charge is 2.54. The van der Waals surface area contributed by atoms with Gasteiger partial charge < -0.3 is 28.0 Å². The van der Waals surface area contributed by atoms with Crippen molar-refractivity contribution in [1.29, 1.82) is 0 Å². The van der Waals surface area contributed by atoms with Gasteiger partial charge in [-0.3, -0.25) is 24.3 Å². The second-order valence-electron chi connectivity index (χ2n) is 14.5. The van der Waals surface area contributed by atoms with Gasteiger partial charge in [0.15, 0.2) is 24.5 Å². The van der Waals surface area contributed by atoms with Crippen molar-refractivity contribution in [3.63, 3.8) is 0 Å². The highest BCUT2D eigenvalue weighted by Crippen LogP contribution is 2.60. The lowest BCUT2D eigenvalue weighted by Gasteiger charge is -2.46. The van der Waals surface area contributed by atoms with E-state index in [1.807, 2.05) is 19.1 Å². The molecule has 1 aliphatic heterocycles. The highest BCUT2D eigenvalue weighted by atomic mass is 31.2. The van der Waals surface area contributed by atoms with E-state index in [1.54, 1.807) is 95.2 Å². The van der Waals surface area contributed by atoms with Gasteiger partial charge in [-0.15, -0.1) is 0 Å². The van der Waals surface area contributed by atoms with Crippen LogP contribution in [0.2, 0.25) is 0 Å². The van der Waals surface area contributed by atoms with Gasteiger partial charge in [0.05, 0.1) is 35.6 Å². The molecular formula is C33H54NO10P. The molecule has 0 aromatic heterocycles. The second-order valence-corrected chi connectivity index (χ2v) is 16.6. The maximum atomic E-state index is 14.3. The molecule has 1 saturated heterocycles. The van der Waals surface area contributed by atoms with E-state index in [9.17, 15) is 18.9 Å². The summed E-state index contributed by atoms with van der Waals surface area (Å²) < 4.78 is 50.2. The summed E-state index contributed by atoms with van der Waals surface area (Å²) in [6, 6.07) is 7.32. The number of hydrogen-bond acceptors (Lipinski definition) is 11. The second kappa shape index (κ2) is 15.1. The zero-order valence-corrected chi connectivity index (χ0v) is 30.1. The van der Waals surface area contributed by atoms with Crippen LogP contribution in [0, 0.1) is 23.2 Å². The lowest BCUT2D eigenvalue weighted by Crippen LogP contribution is -2.65. The van der Waals surface area contributed by atoms with Crippen LogP contribution in [-0.2, 0) is 46.9 Å². The molecule has 12 heteroatoms. The number of carbonyl (C=O) groups is 3. The Morgan fingerprint density at radius 3 is 1.56 bits per heavy atom. The number of carbonyl (C=O) groups excluding carboxylic acids is 3. The summed E-state index contributed by atoms with van der Waals surface area (Å²) in [7, 11) is -3.90. The predicted molar refractivity (Wildman–Crippen MR) is 170 cm³/mol. The van der Waals surface area contributed by atoms with Crippen LogP contribution in [0.3, 0.4) is 0 Å². The normalized spacial score (nSPS) is 23.6. The number of aryl methyl sites for hydroxylation is 1. The molecule has 1 unspecified atom stereocenters. The lowest BCUT2D eigenvalue weighted by atomic mass is 9.93. The molecule has 1 N–H and O–H groups in total. The van der Waals surface area contributed by atoms with E-state index in [0.717, 1.165) is 5.56 Å². The van der Waals surface area contributed by atoms with Crippen molar-refractivity contribution in [2.24, 2.45) is 16.2 Å². The van der Waals surface area contributed by atoms with E-state index in [4.69, 9.17) is 28.0 Å². The molecule has 0 amide bonds. The summed E-state index contributed by atoms with van der Waals surface area (Å²) in [4.78, 5) is 39.9. The van der Waals surface area contributed by atoms with E-state index in [0.29, 0.717) is 5.56 Å². The maximum Gasteiger partial charge on any atom is 0.352 e. The van der Waals surface area contributed by atoms with Crippen LogP contribution in [0.25, 0.3) is 0 Å². The molecule has 6 atom stereocenters. The first kappa shape index (κ1) is 38.9. The summed E-state index contributed by atoms with van der Waals surface area (Å²) in [6.45, 7) is 22.4. The fourth-order valence-electron chi connectivity index (χ4n) is 4.29. The van der Waals surface area contributed by atoms with Gasteiger partial charge in [-0.25, -0.2) is 0 Å². The van der Waals surface area contributed by atoms with Crippen LogP contribution in [0.1, 0.15) is 100.0 Å². The minimum Gasteiger partial charge on any atom is -0.455 e. The first-order valence-electron chi connectivity index (χ1n) is 15.5. The van der Waals surface area contributed by atoms with Gasteiger partial charge in [-0.05, 0) is 95.6 Å². The fraction of sp³-hybridized carbons (Fsp3) is 0.727. The summed E-state index contributed by atoms with van der Waals surface area (Å²) >= 11 is 0. The zero-order valence-electron chi connectivity index (χ0n) is 29.2. The monoisotopic (exact) mass is 655 g/mol. The number of ether oxygens (including phenoxy) is 4. The topological polar surface area (TPSA) is 136 Å². The molecule has 1 fully saturated rings. The summed E-state index contributed by atoms with van der Waals surface area (Å²) in [5.74, 6) is -2.83. The number of esters is 3. The minimum atomic E-state index is -3.90. The lowest BCUT2D eigenvalue weighted by molar-refractivity contribution is -0.257. The van der Waals surface area contributed by atoms with E-state index in [1.165, 1.54) is 0 Å². The van der Waals surface area contributed by atoms with Crippen molar-refractivity contribution in [2.45, 2.75) is 126 Å². The first-order valence-corrected chi connectivity index (χ1v) is 17.2. The Morgan fingerprint density at radius 1 is 0.756 bits per heavy atom. The molecule has 0 saturated carbocycles. The van der Waals surface area contributed by atoms with Crippen LogP contribution < -0.4 is 5.32 Å². The van der Waals surface area contributed by atoms with Crippen molar-refractivity contribution in [2.75, 3.05) is 13.2 Å². The SMILES string of the molecule is CCOP(=O)(OCC)C(N[C@H]1O[C@@H](C)[C@@H](OC(=O)C(C)(C)C)[C@@H](OC(=O)C(C)(C)C)[C@@H]1OC(=O)C(C)(C)C)c1ccc(C)cc1. The van der Waals surface area contributed by atoms with Gasteiger partial charge in [0, 0.05) is 0 Å². The molecule has 0 aliphatic carbocycles. The molecule has 1 heterocycles. The third kappa shape index (κ3) is 10.3. The quantitative estimate of drug-likeness (QED) is 0.160. The Balaban J connectivity index is 2.76. The van der Waals surface area contributed by atoms with Gasteiger partial charge >= 0.3 is 25.5 Å². The predicted octanol–water partition coefficient (Wildman–Crippen LogP) is 6.47. The Morgan fingerprint density at radius 2 is 1.16 bits per heavy atom. The smallest absolute Gasteiger partial charge is 0.352 e. The third-order valence-corrected chi connectivity index (χ3v) is 9.30. The molecule has 11 nitrogen and oxygen atoms in total. The van der Waals surface area contributed by atoms with Crippen LogP contribution in [0.15, 0.2) is 24.3 Å². The van der Waals surface area contributed by atoms with E-state index >= 15 is 0 Å². The highest BCUT2D eigenvalue weighted by molar-refractivity contribution is 7.54. The Hall–Kier alpha value is -2.30. The molecule has 0 spiro atoms. The molecule has 0 radical (unpaired) electrons. The standard InChI is InChI=1S/C33H54NO10P/c1-14-39-45(38,40-15-2)27(22-18-16-20(3)17-19-22)34-26-25(44-30(37)33(11,12)13)24(43-29(36)32(8,9)10)23(21(4)41-26)42-28(35)31(5,6)7/h16-19,21,23-27,34H,14-15H2,1-13H3/t21-,23+,24+,25-,26-,27?/m0/s1. The van der Waals surface area contributed by atoms with Gasteiger partial charge in [0.2, 0.25) is 0 Å². The van der Waals surface area contributed by atoms with Gasteiger partial charge in [0.25, 0.3) is 0 Å². The van der Waals surface area contributed by atoms with E-state index in [-0.39, 0.29) is 13.2 Å². The number of rotatable bonds is 11. The number of hydrogen-bond donors (Lipinski definition) is 1. The van der Waals surface area contributed by atoms with Crippen LogP contribution in [0.5, 0.6) is 0 Å². The van der Waals surface area contributed by atoms with Crippen molar-refractivity contribution < 1.29 is 46.9 Å². The fourth-order valence-corrected chi connectivity index (χ4v) is 6.25. The van der Waals surface area contributed by atoms with Crippen molar-refractivity contribution >= 4 is 25.5 Å². The van der Waals surface area contributed by atoms with Crippen molar-refractivity contribution in [3.05, 3.63) is 35.4 Å². The van der Waals surface area contributed by atoms with E-state index < -0.39 is 78.2 Å². The van der Waals surface area contributed by atoms with Crippen LogP contribution >= 0.6 is 7.60 Å². The Labute approximate surface area is 268 Å². The molecule has 1 aromatic rings. The third-order valence-electron chi connectivity index (χ3n) is 6.99. The Kier molecular flexibility index (Phi) is 13.0.